The van der Waals surface area contributed by atoms with Crippen LogP contribution in [0, 0.1) is 0 Å². The Bertz CT molecular complexity index is 654. The summed E-state index contributed by atoms with van der Waals surface area (Å²) in [5.41, 5.74) is 1.38. The minimum Gasteiger partial charge on any atom is -0.352 e. The Hall–Kier alpha value is -1.93. The summed E-state index contributed by atoms with van der Waals surface area (Å²) in [6.45, 7) is 3.26. The number of hydrogen-bond acceptors (Lipinski definition) is 5. The second kappa shape index (κ2) is 8.25. The molecule has 1 aromatic carbocycles. The number of nitrogens with one attached hydrogen (secondary N) is 2. The Balaban J connectivity index is 1.37. The molecule has 1 aliphatic heterocycles. The van der Waals surface area contributed by atoms with Gasteiger partial charge in [0.25, 0.3) is 0 Å². The van der Waals surface area contributed by atoms with Crippen LogP contribution in [0.4, 0.5) is 0 Å². The molecular weight excluding hydrogens is 324 g/mol. The van der Waals surface area contributed by atoms with Crippen molar-refractivity contribution in [3.05, 3.63) is 35.9 Å². The standard InChI is InChI=1S/C16H22N6OS/c1-21-16(18-19-20-21)24-12-15(23)17-14-7-9-22(10-8-14)11-13-5-3-2-4-6-13/h2-6,14H,7-12H2,1H3,(H,17,23)/p+1. The van der Waals surface area contributed by atoms with E-state index < -0.39 is 0 Å². The average Bonchev–Trinajstić information content (AvgIpc) is 3.01. The molecule has 3 rings (SSSR count). The van der Waals surface area contributed by atoms with E-state index in [9.17, 15) is 4.79 Å². The van der Waals surface area contributed by atoms with Gasteiger partial charge in [-0.05, 0) is 10.4 Å². The summed E-state index contributed by atoms with van der Waals surface area (Å²) in [6, 6.07) is 10.9. The van der Waals surface area contributed by atoms with Crippen LogP contribution in [0.1, 0.15) is 18.4 Å². The number of nitrogens with zero attached hydrogens (tertiary/aromatic N) is 4. The van der Waals surface area contributed by atoms with Gasteiger partial charge in [0.1, 0.15) is 6.54 Å². The lowest BCUT2D eigenvalue weighted by atomic mass is 10.0. The van der Waals surface area contributed by atoms with E-state index in [0.717, 1.165) is 32.5 Å². The van der Waals surface area contributed by atoms with Gasteiger partial charge in [-0.2, -0.15) is 0 Å². The van der Waals surface area contributed by atoms with Crippen LogP contribution >= 0.6 is 11.8 Å². The lowest BCUT2D eigenvalue weighted by Crippen LogP contribution is -3.12. The van der Waals surface area contributed by atoms with Gasteiger partial charge >= 0.3 is 0 Å². The predicted molar refractivity (Wildman–Crippen MR) is 91.5 cm³/mol. The van der Waals surface area contributed by atoms with Gasteiger partial charge in [0, 0.05) is 31.5 Å². The number of aromatic nitrogens is 4. The van der Waals surface area contributed by atoms with Gasteiger partial charge in [0.15, 0.2) is 0 Å². The Morgan fingerprint density at radius 1 is 1.33 bits per heavy atom. The van der Waals surface area contributed by atoms with Crippen molar-refractivity contribution in [1.29, 1.82) is 0 Å². The molecule has 0 bridgehead atoms. The van der Waals surface area contributed by atoms with E-state index in [0.29, 0.717) is 10.9 Å². The lowest BCUT2D eigenvalue weighted by molar-refractivity contribution is -0.918. The van der Waals surface area contributed by atoms with Crippen molar-refractivity contribution in [3.63, 3.8) is 0 Å². The lowest BCUT2D eigenvalue weighted by Gasteiger charge is -2.29. The monoisotopic (exact) mass is 347 g/mol. The molecule has 2 N–H and O–H groups in total. The van der Waals surface area contributed by atoms with E-state index in [2.05, 4.69) is 51.2 Å². The van der Waals surface area contributed by atoms with E-state index >= 15 is 0 Å². The van der Waals surface area contributed by atoms with E-state index in [1.54, 1.807) is 16.6 Å². The Labute approximate surface area is 145 Å². The van der Waals surface area contributed by atoms with Gasteiger partial charge in [-0.15, -0.1) is 5.10 Å². The van der Waals surface area contributed by atoms with Crippen molar-refractivity contribution in [3.8, 4) is 0 Å². The highest BCUT2D eigenvalue weighted by Gasteiger charge is 2.23. The van der Waals surface area contributed by atoms with Gasteiger partial charge in [0.05, 0.1) is 18.8 Å². The summed E-state index contributed by atoms with van der Waals surface area (Å²) in [6.07, 6.45) is 2.06. The van der Waals surface area contributed by atoms with E-state index in [1.165, 1.54) is 17.3 Å². The Morgan fingerprint density at radius 2 is 2.08 bits per heavy atom. The fourth-order valence-electron chi connectivity index (χ4n) is 2.97. The molecule has 0 spiro atoms. The van der Waals surface area contributed by atoms with Crippen LogP contribution in [0.5, 0.6) is 0 Å². The SMILES string of the molecule is Cn1nnnc1SCC(=O)NC1CC[NH+](Cc2ccccc2)CC1. The molecule has 1 amide bonds. The second-order valence-corrected chi connectivity index (χ2v) is 7.07. The molecule has 0 saturated carbocycles. The molecule has 0 atom stereocenters. The number of carbonyl (C=O) groups is 1. The summed E-state index contributed by atoms with van der Waals surface area (Å²) in [5, 5.41) is 15.0. The van der Waals surface area contributed by atoms with Crippen LogP contribution in [0.15, 0.2) is 35.5 Å². The van der Waals surface area contributed by atoms with Crippen LogP contribution in [0.2, 0.25) is 0 Å². The normalized spacial score (nSPS) is 20.7. The summed E-state index contributed by atoms with van der Waals surface area (Å²) >= 11 is 1.36. The molecule has 24 heavy (non-hydrogen) atoms. The highest BCUT2D eigenvalue weighted by molar-refractivity contribution is 7.99. The van der Waals surface area contributed by atoms with Gasteiger partial charge < -0.3 is 10.2 Å². The molecule has 128 valence electrons. The number of piperidine rings is 1. The molecule has 0 unspecified atom stereocenters. The minimum atomic E-state index is 0.0551. The van der Waals surface area contributed by atoms with Crippen LogP contribution in [-0.2, 0) is 18.4 Å². The van der Waals surface area contributed by atoms with E-state index in [1.807, 2.05) is 0 Å². The number of hydrogen-bond donors (Lipinski definition) is 2. The predicted octanol–water partition coefficient (Wildman–Crippen LogP) is -0.334. The Morgan fingerprint density at radius 3 is 2.75 bits per heavy atom. The number of tetrazole rings is 1. The number of thioether (sulfide) groups is 1. The van der Waals surface area contributed by atoms with Crippen molar-refractivity contribution in [1.82, 2.24) is 25.5 Å². The molecule has 1 aliphatic rings. The first-order valence-corrected chi connectivity index (χ1v) is 9.21. The smallest absolute Gasteiger partial charge is 0.230 e. The first kappa shape index (κ1) is 16.9. The summed E-state index contributed by atoms with van der Waals surface area (Å²) in [7, 11) is 1.77. The number of likely N-dealkylation sites (tertiary alicyclic amines) is 1. The quantitative estimate of drug-likeness (QED) is 0.700. The fourth-order valence-corrected chi connectivity index (χ4v) is 3.64. The molecule has 1 aromatic heterocycles. The van der Waals surface area contributed by atoms with Crippen molar-refractivity contribution in [2.75, 3.05) is 18.8 Å². The Kier molecular flexibility index (Phi) is 5.81. The molecule has 7 nitrogen and oxygen atoms in total. The maximum Gasteiger partial charge on any atom is 0.230 e. The second-order valence-electron chi connectivity index (χ2n) is 6.13. The third kappa shape index (κ3) is 4.78. The largest absolute Gasteiger partial charge is 0.352 e. The van der Waals surface area contributed by atoms with E-state index in [4.69, 9.17) is 0 Å². The van der Waals surface area contributed by atoms with Crippen molar-refractivity contribution >= 4 is 17.7 Å². The third-order valence-electron chi connectivity index (χ3n) is 4.27. The average molecular weight is 347 g/mol. The molecule has 8 heteroatoms. The number of amides is 1. The first-order valence-electron chi connectivity index (χ1n) is 8.22. The number of benzene rings is 1. The number of carbonyl (C=O) groups excluding carboxylic acids is 1. The number of rotatable bonds is 6. The molecule has 2 aromatic rings. The fraction of sp³-hybridized carbons (Fsp3) is 0.500. The zero-order valence-electron chi connectivity index (χ0n) is 13.8. The van der Waals surface area contributed by atoms with Gasteiger partial charge in [-0.25, -0.2) is 4.68 Å². The van der Waals surface area contributed by atoms with Crippen molar-refractivity contribution in [2.24, 2.45) is 7.05 Å². The molecule has 0 radical (unpaired) electrons. The van der Waals surface area contributed by atoms with Crippen LogP contribution in [0.25, 0.3) is 0 Å². The van der Waals surface area contributed by atoms with Crippen molar-refractivity contribution in [2.45, 2.75) is 30.6 Å². The van der Waals surface area contributed by atoms with Crippen LogP contribution < -0.4 is 10.2 Å². The summed E-state index contributed by atoms with van der Waals surface area (Å²) in [5.74, 6) is 0.408. The van der Waals surface area contributed by atoms with Gasteiger partial charge in [-0.3, -0.25) is 4.79 Å². The van der Waals surface area contributed by atoms with Crippen LogP contribution in [-0.4, -0.2) is 51.0 Å². The highest BCUT2D eigenvalue weighted by Crippen LogP contribution is 2.12. The molecule has 1 saturated heterocycles. The zero-order valence-corrected chi connectivity index (χ0v) is 14.6. The highest BCUT2D eigenvalue weighted by atomic mass is 32.2. The van der Waals surface area contributed by atoms with E-state index in [-0.39, 0.29) is 11.9 Å². The third-order valence-corrected chi connectivity index (χ3v) is 5.28. The maximum atomic E-state index is 12.1. The summed E-state index contributed by atoms with van der Waals surface area (Å²) in [4.78, 5) is 13.7. The number of aryl methyl sites for hydroxylation is 1. The molecule has 1 fully saturated rings. The zero-order chi connectivity index (χ0) is 16.8. The number of quaternary nitrogens is 1. The van der Waals surface area contributed by atoms with Crippen LogP contribution in [0.3, 0.4) is 0 Å². The maximum absolute atomic E-state index is 12.1. The first-order chi connectivity index (χ1) is 11.7. The van der Waals surface area contributed by atoms with Crippen molar-refractivity contribution < 1.29 is 9.69 Å². The molecule has 0 aliphatic carbocycles. The van der Waals surface area contributed by atoms with Gasteiger partial charge in [-0.1, -0.05) is 42.1 Å². The molecular formula is C16H23N6OS+. The minimum absolute atomic E-state index is 0.0551. The summed E-state index contributed by atoms with van der Waals surface area (Å²) < 4.78 is 1.57. The molecule has 2 heterocycles. The topological polar surface area (TPSA) is 77.1 Å². The van der Waals surface area contributed by atoms with Gasteiger partial charge in [0.2, 0.25) is 11.1 Å².